The molecule has 16 heavy (non-hydrogen) atoms. The first kappa shape index (κ1) is 10.3. The van der Waals surface area contributed by atoms with Gasteiger partial charge in [0.25, 0.3) is 0 Å². The van der Waals surface area contributed by atoms with E-state index in [1.807, 2.05) is 6.20 Å². The van der Waals surface area contributed by atoms with Gasteiger partial charge < -0.3 is 4.98 Å². The summed E-state index contributed by atoms with van der Waals surface area (Å²) in [5.41, 5.74) is 1.82. The van der Waals surface area contributed by atoms with Crippen LogP contribution >= 0.6 is 0 Å². The van der Waals surface area contributed by atoms with E-state index >= 15 is 0 Å². The highest BCUT2D eigenvalue weighted by Gasteiger charge is 2.41. The molecule has 0 unspecified atom stereocenters. The number of likely N-dealkylation sites (tertiary alicyclic amines) is 1. The Morgan fingerprint density at radius 1 is 1.19 bits per heavy atom. The fourth-order valence-electron chi connectivity index (χ4n) is 3.59. The van der Waals surface area contributed by atoms with Crippen molar-refractivity contribution in [1.29, 1.82) is 0 Å². The quantitative estimate of drug-likeness (QED) is 0.829. The minimum atomic E-state index is 0.545. The van der Waals surface area contributed by atoms with Gasteiger partial charge in [-0.05, 0) is 32.2 Å². The number of aromatic nitrogens is 2. The molecular weight excluding hydrogens is 198 g/mol. The van der Waals surface area contributed by atoms with E-state index in [2.05, 4.69) is 14.9 Å². The van der Waals surface area contributed by atoms with Crippen LogP contribution in [0.5, 0.6) is 0 Å². The highest BCUT2D eigenvalue weighted by molar-refractivity contribution is 5.02. The molecule has 1 aromatic heterocycles. The molecule has 2 fully saturated rings. The molecule has 0 atom stereocenters. The molecule has 2 heterocycles. The van der Waals surface area contributed by atoms with Crippen molar-refractivity contribution in [2.75, 3.05) is 6.54 Å². The van der Waals surface area contributed by atoms with Gasteiger partial charge in [0.15, 0.2) is 0 Å². The Morgan fingerprint density at radius 3 is 2.75 bits per heavy atom. The van der Waals surface area contributed by atoms with Gasteiger partial charge in [-0.15, -0.1) is 0 Å². The van der Waals surface area contributed by atoms with Gasteiger partial charge in [0, 0.05) is 24.0 Å². The smallest absolute Gasteiger partial charge is 0.0922 e. The van der Waals surface area contributed by atoms with E-state index < -0.39 is 0 Å². The zero-order chi connectivity index (χ0) is 10.8. The zero-order valence-corrected chi connectivity index (χ0v) is 9.91. The van der Waals surface area contributed by atoms with Gasteiger partial charge in [-0.3, -0.25) is 4.90 Å². The van der Waals surface area contributed by atoms with Crippen LogP contribution in [0.3, 0.4) is 0 Å². The van der Waals surface area contributed by atoms with Gasteiger partial charge in [-0.2, -0.15) is 0 Å². The molecule has 3 heteroatoms. The number of hydrogen-bond acceptors (Lipinski definition) is 2. The van der Waals surface area contributed by atoms with Crippen LogP contribution < -0.4 is 0 Å². The molecule has 1 N–H and O–H groups in total. The van der Waals surface area contributed by atoms with Gasteiger partial charge in [0.2, 0.25) is 0 Å². The van der Waals surface area contributed by atoms with Crippen molar-refractivity contribution in [2.24, 2.45) is 0 Å². The molecule has 1 spiro atoms. The predicted octanol–water partition coefficient (Wildman–Crippen LogP) is 2.71. The molecule has 0 bridgehead atoms. The van der Waals surface area contributed by atoms with Crippen molar-refractivity contribution >= 4 is 0 Å². The molecule has 1 aliphatic carbocycles. The fraction of sp³-hybridized carbons (Fsp3) is 0.769. The maximum absolute atomic E-state index is 4.12. The number of imidazole rings is 1. The summed E-state index contributed by atoms with van der Waals surface area (Å²) in [5, 5.41) is 0. The second-order valence-corrected chi connectivity index (χ2v) is 5.39. The summed E-state index contributed by atoms with van der Waals surface area (Å²) in [5.74, 6) is 0. The third kappa shape index (κ3) is 1.77. The lowest BCUT2D eigenvalue weighted by Crippen LogP contribution is -2.44. The van der Waals surface area contributed by atoms with Crippen molar-refractivity contribution in [3.63, 3.8) is 0 Å². The predicted molar refractivity (Wildman–Crippen MR) is 64.0 cm³/mol. The van der Waals surface area contributed by atoms with Crippen LogP contribution in [0.25, 0.3) is 0 Å². The van der Waals surface area contributed by atoms with E-state index in [4.69, 9.17) is 0 Å². The highest BCUT2D eigenvalue weighted by Crippen LogP contribution is 2.42. The summed E-state index contributed by atoms with van der Waals surface area (Å²) in [4.78, 5) is 10.1. The van der Waals surface area contributed by atoms with E-state index in [1.165, 1.54) is 57.2 Å². The summed E-state index contributed by atoms with van der Waals surface area (Å²) >= 11 is 0. The van der Waals surface area contributed by atoms with Crippen molar-refractivity contribution in [1.82, 2.24) is 14.9 Å². The molecule has 1 saturated heterocycles. The zero-order valence-electron chi connectivity index (χ0n) is 9.91. The van der Waals surface area contributed by atoms with Crippen LogP contribution in [-0.4, -0.2) is 27.0 Å². The maximum atomic E-state index is 4.12. The number of hydrogen-bond donors (Lipinski definition) is 1. The first-order valence-corrected chi connectivity index (χ1v) is 6.61. The topological polar surface area (TPSA) is 31.9 Å². The van der Waals surface area contributed by atoms with E-state index in [0.29, 0.717) is 5.54 Å². The van der Waals surface area contributed by atoms with Crippen LogP contribution in [0.2, 0.25) is 0 Å². The Hall–Kier alpha value is -0.830. The van der Waals surface area contributed by atoms with E-state index in [9.17, 15) is 0 Å². The third-order valence-corrected chi connectivity index (χ3v) is 4.44. The molecule has 1 aliphatic heterocycles. The Labute approximate surface area is 97.3 Å². The molecule has 3 nitrogen and oxygen atoms in total. The van der Waals surface area contributed by atoms with E-state index in [0.717, 1.165) is 6.54 Å². The number of H-pyrrole nitrogens is 1. The number of aromatic amines is 1. The lowest BCUT2D eigenvalue weighted by molar-refractivity contribution is 0.0848. The van der Waals surface area contributed by atoms with Gasteiger partial charge in [-0.25, -0.2) is 4.98 Å². The lowest BCUT2D eigenvalue weighted by atomic mass is 9.80. The van der Waals surface area contributed by atoms with Gasteiger partial charge in [-0.1, -0.05) is 19.3 Å². The van der Waals surface area contributed by atoms with Crippen molar-refractivity contribution in [3.05, 3.63) is 18.2 Å². The molecule has 0 aromatic carbocycles. The molecule has 1 aromatic rings. The summed E-state index contributed by atoms with van der Waals surface area (Å²) in [7, 11) is 0. The van der Waals surface area contributed by atoms with E-state index in [1.54, 1.807) is 6.33 Å². The molecule has 0 radical (unpaired) electrons. The van der Waals surface area contributed by atoms with Gasteiger partial charge >= 0.3 is 0 Å². The number of nitrogens with zero attached hydrogens (tertiary/aromatic N) is 2. The fourth-order valence-corrected chi connectivity index (χ4v) is 3.59. The molecule has 0 amide bonds. The first-order chi connectivity index (χ1) is 7.89. The Morgan fingerprint density at radius 2 is 2.00 bits per heavy atom. The highest BCUT2D eigenvalue weighted by atomic mass is 15.2. The average molecular weight is 219 g/mol. The Kier molecular flexibility index (Phi) is 2.72. The maximum Gasteiger partial charge on any atom is 0.0922 e. The number of rotatable bonds is 2. The summed E-state index contributed by atoms with van der Waals surface area (Å²) in [6, 6.07) is 0. The summed E-state index contributed by atoms with van der Waals surface area (Å²) in [6.07, 6.45) is 13.7. The third-order valence-electron chi connectivity index (χ3n) is 4.44. The molecular formula is C13H21N3. The minimum Gasteiger partial charge on any atom is -0.347 e. The second kappa shape index (κ2) is 4.21. The van der Waals surface area contributed by atoms with Crippen molar-refractivity contribution in [2.45, 2.75) is 57.0 Å². The SMILES string of the molecule is c1ncc(CN2CCCC23CCCCC3)[nH]1. The Balaban J connectivity index is 1.73. The molecule has 2 aliphatic rings. The van der Waals surface area contributed by atoms with Gasteiger partial charge in [0.1, 0.15) is 0 Å². The van der Waals surface area contributed by atoms with Crippen molar-refractivity contribution in [3.8, 4) is 0 Å². The molecule has 3 rings (SSSR count). The van der Waals surface area contributed by atoms with Crippen LogP contribution in [-0.2, 0) is 6.54 Å². The van der Waals surface area contributed by atoms with Crippen LogP contribution in [0.15, 0.2) is 12.5 Å². The normalized spacial score (nSPS) is 25.2. The largest absolute Gasteiger partial charge is 0.347 e. The first-order valence-electron chi connectivity index (χ1n) is 6.61. The molecule has 1 saturated carbocycles. The monoisotopic (exact) mass is 219 g/mol. The summed E-state index contributed by atoms with van der Waals surface area (Å²) < 4.78 is 0. The second-order valence-electron chi connectivity index (χ2n) is 5.39. The average Bonchev–Trinajstić information content (AvgIpc) is 2.93. The van der Waals surface area contributed by atoms with Crippen LogP contribution in [0.4, 0.5) is 0 Å². The minimum absolute atomic E-state index is 0.545. The van der Waals surface area contributed by atoms with E-state index in [-0.39, 0.29) is 0 Å². The standard InChI is InChI=1S/C13H21N3/c1-2-5-13(6-3-1)7-4-8-16(13)10-12-9-14-11-15-12/h9,11H,1-8,10H2,(H,14,15). The van der Waals surface area contributed by atoms with Crippen LogP contribution in [0.1, 0.15) is 50.6 Å². The lowest BCUT2D eigenvalue weighted by Gasteiger charge is -2.41. The van der Waals surface area contributed by atoms with Crippen molar-refractivity contribution < 1.29 is 0 Å². The van der Waals surface area contributed by atoms with Crippen LogP contribution in [0, 0.1) is 0 Å². The Bertz CT molecular complexity index is 325. The summed E-state index contributed by atoms with van der Waals surface area (Å²) in [6.45, 7) is 2.35. The van der Waals surface area contributed by atoms with Gasteiger partial charge in [0.05, 0.1) is 6.33 Å². The number of nitrogens with one attached hydrogen (secondary N) is 1. The molecule has 88 valence electrons.